The minimum atomic E-state index is -4.11. The van der Waals surface area contributed by atoms with E-state index in [1.165, 1.54) is 17.0 Å². The number of anilines is 1. The van der Waals surface area contributed by atoms with Crippen molar-refractivity contribution in [2.24, 2.45) is 0 Å². The lowest BCUT2D eigenvalue weighted by molar-refractivity contribution is -0.139. The normalized spacial score (nSPS) is 12.0. The molecule has 0 aliphatic carbocycles. The maximum absolute atomic E-state index is 13.9. The summed E-state index contributed by atoms with van der Waals surface area (Å²) in [6, 6.07) is 18.9. The zero-order valence-corrected chi connectivity index (χ0v) is 23.9. The van der Waals surface area contributed by atoms with Crippen LogP contribution in [0.4, 0.5) is 5.69 Å². The van der Waals surface area contributed by atoms with Crippen molar-refractivity contribution in [3.05, 3.63) is 94.0 Å². The van der Waals surface area contributed by atoms with E-state index in [0.717, 1.165) is 10.7 Å². The number of nitrogens with one attached hydrogen (secondary N) is 1. The average molecular weight is 577 g/mol. The van der Waals surface area contributed by atoms with Gasteiger partial charge in [0.2, 0.25) is 11.8 Å². The largest absolute Gasteiger partial charge is 0.354 e. The van der Waals surface area contributed by atoms with Crippen LogP contribution in [-0.4, -0.2) is 44.3 Å². The molecule has 0 heterocycles. The third kappa shape index (κ3) is 7.07. The molecule has 202 valence electrons. The molecule has 0 aromatic heterocycles. The fourth-order valence-corrected chi connectivity index (χ4v) is 5.86. The number of hydrogen-bond acceptors (Lipinski definition) is 4. The highest BCUT2D eigenvalue weighted by Crippen LogP contribution is 2.28. The second kappa shape index (κ2) is 13.1. The van der Waals surface area contributed by atoms with Gasteiger partial charge in [0.15, 0.2) is 0 Å². The van der Waals surface area contributed by atoms with Gasteiger partial charge in [0, 0.05) is 23.1 Å². The number of amides is 2. The Kier molecular flexibility index (Phi) is 10.2. The van der Waals surface area contributed by atoms with Crippen molar-refractivity contribution in [1.29, 1.82) is 0 Å². The zero-order valence-electron chi connectivity index (χ0n) is 21.5. The Labute approximate surface area is 234 Å². The van der Waals surface area contributed by atoms with Crippen molar-refractivity contribution in [3.63, 3.8) is 0 Å². The van der Waals surface area contributed by atoms with E-state index < -0.39 is 28.5 Å². The number of aryl methyl sites for hydroxylation is 1. The highest BCUT2D eigenvalue weighted by atomic mass is 35.5. The highest BCUT2D eigenvalue weighted by Gasteiger charge is 2.33. The first-order chi connectivity index (χ1) is 18.1. The Morgan fingerprint density at radius 3 is 2.26 bits per heavy atom. The molecule has 0 saturated carbocycles. The quantitative estimate of drug-likeness (QED) is 0.330. The lowest BCUT2D eigenvalue weighted by Gasteiger charge is -2.32. The average Bonchev–Trinajstić information content (AvgIpc) is 2.90. The van der Waals surface area contributed by atoms with E-state index in [9.17, 15) is 18.0 Å². The van der Waals surface area contributed by atoms with Gasteiger partial charge in [-0.15, -0.1) is 0 Å². The molecule has 2 amide bonds. The number of nitrogens with zero attached hydrogens (tertiary/aromatic N) is 2. The second-order valence-electron chi connectivity index (χ2n) is 8.84. The van der Waals surface area contributed by atoms with Gasteiger partial charge in [0.1, 0.15) is 12.6 Å². The van der Waals surface area contributed by atoms with E-state index in [1.54, 1.807) is 74.5 Å². The van der Waals surface area contributed by atoms with Gasteiger partial charge in [0.25, 0.3) is 10.0 Å². The summed E-state index contributed by atoms with van der Waals surface area (Å²) in [5.41, 5.74) is 1.63. The molecule has 1 atom stereocenters. The molecule has 1 N–H and O–H groups in total. The smallest absolute Gasteiger partial charge is 0.264 e. The Hall–Kier alpha value is -3.07. The number of benzene rings is 3. The second-order valence-corrected chi connectivity index (χ2v) is 11.5. The van der Waals surface area contributed by atoms with Crippen molar-refractivity contribution in [2.75, 3.05) is 17.4 Å². The van der Waals surface area contributed by atoms with Gasteiger partial charge in [-0.2, -0.15) is 0 Å². The topological polar surface area (TPSA) is 86.8 Å². The fourth-order valence-electron chi connectivity index (χ4n) is 3.89. The molecule has 3 aromatic carbocycles. The van der Waals surface area contributed by atoms with E-state index in [4.69, 9.17) is 23.2 Å². The lowest BCUT2D eigenvalue weighted by atomic mass is 10.1. The number of sulfonamides is 1. The molecule has 3 rings (SSSR count). The predicted octanol–water partition coefficient (Wildman–Crippen LogP) is 5.44. The van der Waals surface area contributed by atoms with Gasteiger partial charge >= 0.3 is 0 Å². The van der Waals surface area contributed by atoms with Gasteiger partial charge in [-0.1, -0.05) is 72.6 Å². The molecule has 38 heavy (non-hydrogen) atoms. The van der Waals surface area contributed by atoms with Crippen molar-refractivity contribution < 1.29 is 18.0 Å². The van der Waals surface area contributed by atoms with Crippen molar-refractivity contribution in [2.45, 2.75) is 44.7 Å². The van der Waals surface area contributed by atoms with Crippen molar-refractivity contribution in [1.82, 2.24) is 10.2 Å². The van der Waals surface area contributed by atoms with Gasteiger partial charge in [-0.25, -0.2) is 8.42 Å². The van der Waals surface area contributed by atoms with E-state index in [2.05, 4.69) is 5.32 Å². The maximum Gasteiger partial charge on any atom is 0.264 e. The van der Waals surface area contributed by atoms with Crippen LogP contribution in [0.5, 0.6) is 0 Å². The number of rotatable bonds is 11. The molecule has 0 spiro atoms. The van der Waals surface area contributed by atoms with Crippen LogP contribution >= 0.6 is 23.2 Å². The third-order valence-electron chi connectivity index (χ3n) is 6.07. The number of para-hydroxylation sites is 1. The first-order valence-electron chi connectivity index (χ1n) is 12.2. The van der Waals surface area contributed by atoms with Gasteiger partial charge in [0.05, 0.1) is 10.6 Å². The molecule has 0 aliphatic heterocycles. The van der Waals surface area contributed by atoms with Gasteiger partial charge < -0.3 is 10.2 Å². The van der Waals surface area contributed by atoms with Gasteiger partial charge in [-0.05, 0) is 61.7 Å². The Morgan fingerprint density at radius 1 is 0.974 bits per heavy atom. The predicted molar refractivity (Wildman–Crippen MR) is 152 cm³/mol. The highest BCUT2D eigenvalue weighted by molar-refractivity contribution is 7.92. The molecule has 0 aliphatic rings. The summed E-state index contributed by atoms with van der Waals surface area (Å²) < 4.78 is 28.6. The van der Waals surface area contributed by atoms with E-state index in [1.807, 2.05) is 6.92 Å². The summed E-state index contributed by atoms with van der Waals surface area (Å²) in [6.07, 6.45) is 0.728. The third-order valence-corrected chi connectivity index (χ3v) is 8.43. The molecule has 0 saturated heterocycles. The summed E-state index contributed by atoms with van der Waals surface area (Å²) in [6.45, 7) is 5.23. The molecular weight excluding hydrogens is 545 g/mol. The molecule has 3 aromatic rings. The summed E-state index contributed by atoms with van der Waals surface area (Å²) in [5.74, 6) is -0.906. The first kappa shape index (κ1) is 29.5. The van der Waals surface area contributed by atoms with Crippen molar-refractivity contribution in [3.8, 4) is 0 Å². The molecule has 0 fully saturated rings. The Morgan fingerprint density at radius 2 is 1.63 bits per heavy atom. The van der Waals surface area contributed by atoms with E-state index in [-0.39, 0.29) is 17.3 Å². The van der Waals surface area contributed by atoms with E-state index >= 15 is 0 Å². The van der Waals surface area contributed by atoms with Crippen LogP contribution in [0.2, 0.25) is 10.0 Å². The number of hydrogen-bond donors (Lipinski definition) is 1. The van der Waals surface area contributed by atoms with Crippen LogP contribution in [0.15, 0.2) is 77.7 Å². The van der Waals surface area contributed by atoms with Crippen LogP contribution in [0, 0.1) is 6.92 Å². The first-order valence-corrected chi connectivity index (χ1v) is 14.4. The summed E-state index contributed by atoms with van der Waals surface area (Å²) in [4.78, 5) is 28.2. The number of halogens is 2. The molecule has 7 nitrogen and oxygen atoms in total. The molecule has 10 heteroatoms. The Bertz CT molecular complexity index is 1380. The van der Waals surface area contributed by atoms with Crippen LogP contribution < -0.4 is 9.62 Å². The van der Waals surface area contributed by atoms with Gasteiger partial charge in [-0.3, -0.25) is 13.9 Å². The SMILES string of the molecule is CCCNC(=O)C(C)N(Cc1ccc(Cl)cc1Cl)C(=O)CN(c1ccccc1C)S(=O)(=O)c1ccccc1. The molecule has 0 bridgehead atoms. The molecular formula is C28H31Cl2N3O4S. The summed E-state index contributed by atoms with van der Waals surface area (Å²) >= 11 is 12.4. The maximum atomic E-state index is 13.9. The minimum absolute atomic E-state index is 0.0114. The summed E-state index contributed by atoms with van der Waals surface area (Å²) in [7, 11) is -4.11. The Balaban J connectivity index is 2.04. The van der Waals surface area contributed by atoms with Crippen LogP contribution in [0.3, 0.4) is 0 Å². The zero-order chi connectivity index (χ0) is 27.9. The number of carbonyl (C=O) groups is 2. The van der Waals surface area contributed by atoms with Crippen LogP contribution in [0.1, 0.15) is 31.4 Å². The van der Waals surface area contributed by atoms with Crippen LogP contribution in [0.25, 0.3) is 0 Å². The van der Waals surface area contributed by atoms with Crippen molar-refractivity contribution >= 4 is 50.7 Å². The summed E-state index contributed by atoms with van der Waals surface area (Å²) in [5, 5.41) is 3.58. The fraction of sp³-hybridized carbons (Fsp3) is 0.286. The number of carbonyl (C=O) groups excluding carboxylic acids is 2. The molecule has 1 unspecified atom stereocenters. The van der Waals surface area contributed by atoms with Crippen LogP contribution in [-0.2, 0) is 26.2 Å². The molecule has 0 radical (unpaired) electrons. The monoisotopic (exact) mass is 575 g/mol. The van der Waals surface area contributed by atoms with E-state index in [0.29, 0.717) is 33.4 Å². The standard InChI is InChI=1S/C28H31Cl2N3O4S/c1-4-16-31-28(35)21(3)32(18-22-14-15-23(29)17-25(22)30)27(34)19-33(26-13-9-8-10-20(26)2)38(36,37)24-11-6-5-7-12-24/h5-15,17,21H,4,16,18-19H2,1-3H3,(H,31,35). The minimum Gasteiger partial charge on any atom is -0.354 e. The lowest BCUT2D eigenvalue weighted by Crippen LogP contribution is -2.51.